The van der Waals surface area contributed by atoms with E-state index < -0.39 is 11.9 Å². The van der Waals surface area contributed by atoms with E-state index in [1.807, 2.05) is 32.3 Å². The molecule has 0 aliphatic carbocycles. The normalized spacial score (nSPS) is 13.2. The van der Waals surface area contributed by atoms with E-state index in [0.29, 0.717) is 17.5 Å². The van der Waals surface area contributed by atoms with Crippen LogP contribution in [0.15, 0.2) is 40.7 Å². The zero-order chi connectivity index (χ0) is 19.2. The van der Waals surface area contributed by atoms with Gasteiger partial charge in [0.15, 0.2) is 11.7 Å². The van der Waals surface area contributed by atoms with Gasteiger partial charge in [0.25, 0.3) is 0 Å². The number of nitrogens with one attached hydrogen (secondary N) is 2. The Morgan fingerprint density at radius 3 is 2.41 bits per heavy atom. The first-order chi connectivity index (χ1) is 12.3. The molecule has 150 valence electrons. The zero-order valence-electron chi connectivity index (χ0n) is 15.2. The van der Waals surface area contributed by atoms with Gasteiger partial charge in [-0.05, 0) is 19.7 Å². The first kappa shape index (κ1) is 23.6. The SMILES string of the molecule is CN=C(NCc1nc(C(F)(F)F)cs1)NCC(c1ccccc1)N(C)C.I. The number of hydrogen-bond donors (Lipinski definition) is 2. The van der Waals surface area contributed by atoms with E-state index in [-0.39, 0.29) is 36.6 Å². The summed E-state index contributed by atoms with van der Waals surface area (Å²) in [6.45, 7) is 0.779. The molecule has 2 N–H and O–H groups in total. The van der Waals surface area contributed by atoms with Crippen molar-refractivity contribution in [1.29, 1.82) is 0 Å². The number of halogens is 4. The largest absolute Gasteiger partial charge is 0.434 e. The van der Waals surface area contributed by atoms with Crippen LogP contribution in [0.4, 0.5) is 13.2 Å². The van der Waals surface area contributed by atoms with E-state index in [0.717, 1.165) is 22.3 Å². The molecule has 1 atom stereocenters. The summed E-state index contributed by atoms with van der Waals surface area (Å²) in [4.78, 5) is 9.80. The van der Waals surface area contributed by atoms with Gasteiger partial charge in [0.2, 0.25) is 0 Å². The van der Waals surface area contributed by atoms with Gasteiger partial charge in [-0.3, -0.25) is 4.99 Å². The van der Waals surface area contributed by atoms with Crippen LogP contribution in [0, 0.1) is 0 Å². The molecule has 0 fully saturated rings. The standard InChI is InChI=1S/C17H22F3N5S.HI/c1-21-16(23-10-15-24-14(11-26-15)17(18,19)20)22-9-13(25(2)3)12-7-5-4-6-8-12;/h4-8,11,13H,9-10H2,1-3H3,(H2,21,22,23);1H. The number of guanidine groups is 1. The molecule has 5 nitrogen and oxygen atoms in total. The molecule has 0 spiro atoms. The molecule has 0 aliphatic heterocycles. The van der Waals surface area contributed by atoms with Crippen LogP contribution in [0.3, 0.4) is 0 Å². The number of hydrogen-bond acceptors (Lipinski definition) is 4. The number of likely N-dealkylation sites (N-methyl/N-ethyl adjacent to an activating group) is 1. The van der Waals surface area contributed by atoms with Crippen molar-refractivity contribution in [3.8, 4) is 0 Å². The third kappa shape index (κ3) is 7.26. The summed E-state index contributed by atoms with van der Waals surface area (Å²) in [5.74, 6) is 0.511. The molecule has 1 unspecified atom stereocenters. The van der Waals surface area contributed by atoms with Gasteiger partial charge >= 0.3 is 6.18 Å². The van der Waals surface area contributed by atoms with Crippen molar-refractivity contribution in [2.24, 2.45) is 4.99 Å². The van der Waals surface area contributed by atoms with Crippen molar-refractivity contribution >= 4 is 41.3 Å². The van der Waals surface area contributed by atoms with Crippen LogP contribution < -0.4 is 10.6 Å². The third-order valence-corrected chi connectivity index (χ3v) is 4.59. The van der Waals surface area contributed by atoms with Gasteiger partial charge in [0.1, 0.15) is 5.01 Å². The molecule has 0 amide bonds. The fraction of sp³-hybridized carbons (Fsp3) is 0.412. The second kappa shape index (κ2) is 10.8. The Labute approximate surface area is 178 Å². The summed E-state index contributed by atoms with van der Waals surface area (Å²) in [6, 6.07) is 10.2. The molecule has 1 heterocycles. The molecule has 27 heavy (non-hydrogen) atoms. The maximum absolute atomic E-state index is 12.6. The van der Waals surface area contributed by atoms with E-state index in [2.05, 4.69) is 37.6 Å². The second-order valence-electron chi connectivity index (χ2n) is 5.82. The van der Waals surface area contributed by atoms with Crippen LogP contribution in [0.1, 0.15) is 22.3 Å². The quantitative estimate of drug-likeness (QED) is 0.351. The number of alkyl halides is 3. The lowest BCUT2D eigenvalue weighted by atomic mass is 10.1. The molecule has 0 radical (unpaired) electrons. The fourth-order valence-electron chi connectivity index (χ4n) is 2.37. The van der Waals surface area contributed by atoms with Crippen molar-refractivity contribution < 1.29 is 13.2 Å². The Bertz CT molecular complexity index is 719. The van der Waals surface area contributed by atoms with Gasteiger partial charge in [0.05, 0.1) is 12.6 Å². The minimum Gasteiger partial charge on any atom is -0.354 e. The van der Waals surface area contributed by atoms with Gasteiger partial charge in [-0.25, -0.2) is 4.98 Å². The highest BCUT2D eigenvalue weighted by Crippen LogP contribution is 2.29. The topological polar surface area (TPSA) is 52.6 Å². The van der Waals surface area contributed by atoms with Gasteiger partial charge in [-0.1, -0.05) is 30.3 Å². The van der Waals surface area contributed by atoms with Crippen molar-refractivity contribution in [1.82, 2.24) is 20.5 Å². The Morgan fingerprint density at radius 1 is 1.22 bits per heavy atom. The molecule has 0 bridgehead atoms. The van der Waals surface area contributed by atoms with Crippen molar-refractivity contribution in [2.75, 3.05) is 27.7 Å². The monoisotopic (exact) mass is 513 g/mol. The highest BCUT2D eigenvalue weighted by atomic mass is 127. The second-order valence-corrected chi connectivity index (χ2v) is 6.76. The average Bonchev–Trinajstić information content (AvgIpc) is 3.08. The molecule has 0 saturated heterocycles. The average molecular weight is 513 g/mol. The minimum atomic E-state index is -4.41. The van der Waals surface area contributed by atoms with E-state index in [1.165, 1.54) is 0 Å². The number of thiazole rings is 1. The van der Waals surface area contributed by atoms with Crippen molar-refractivity contribution in [2.45, 2.75) is 18.8 Å². The van der Waals surface area contributed by atoms with Gasteiger partial charge in [-0.2, -0.15) is 13.2 Å². The molecule has 1 aromatic carbocycles. The highest BCUT2D eigenvalue weighted by molar-refractivity contribution is 14.0. The smallest absolute Gasteiger partial charge is 0.354 e. The summed E-state index contributed by atoms with van der Waals surface area (Å²) in [5, 5.41) is 7.58. The first-order valence-corrected chi connectivity index (χ1v) is 8.86. The number of nitrogens with zero attached hydrogens (tertiary/aromatic N) is 3. The number of rotatable bonds is 6. The lowest BCUT2D eigenvalue weighted by Crippen LogP contribution is -2.41. The summed E-state index contributed by atoms with van der Waals surface area (Å²) < 4.78 is 37.8. The van der Waals surface area contributed by atoms with Crippen LogP contribution in [-0.2, 0) is 12.7 Å². The lowest BCUT2D eigenvalue weighted by Gasteiger charge is -2.26. The number of aliphatic imine (C=N–C) groups is 1. The molecular weight excluding hydrogens is 490 g/mol. The molecule has 10 heteroatoms. The van der Waals surface area contributed by atoms with Gasteiger partial charge < -0.3 is 15.5 Å². The summed E-state index contributed by atoms with van der Waals surface area (Å²) in [6.07, 6.45) is -4.41. The van der Waals surface area contributed by atoms with Gasteiger partial charge in [0, 0.05) is 19.0 Å². The predicted octanol–water partition coefficient (Wildman–Crippen LogP) is 3.75. The third-order valence-electron chi connectivity index (χ3n) is 3.74. The molecule has 0 saturated carbocycles. The minimum absolute atomic E-state index is 0. The molecule has 1 aromatic heterocycles. The van der Waals surface area contributed by atoms with E-state index in [9.17, 15) is 13.2 Å². The van der Waals surface area contributed by atoms with E-state index in [4.69, 9.17) is 0 Å². The Kier molecular flexibility index (Phi) is 9.47. The van der Waals surface area contributed by atoms with Gasteiger partial charge in [-0.15, -0.1) is 35.3 Å². The molecule has 2 aromatic rings. The van der Waals surface area contributed by atoms with Crippen molar-refractivity contribution in [3.05, 3.63) is 52.0 Å². The zero-order valence-corrected chi connectivity index (χ0v) is 18.4. The summed E-state index contributed by atoms with van der Waals surface area (Å²) >= 11 is 0.970. The van der Waals surface area contributed by atoms with Crippen LogP contribution in [0.5, 0.6) is 0 Å². The number of aromatic nitrogens is 1. The fourth-order valence-corrected chi connectivity index (χ4v) is 3.11. The molecule has 2 rings (SSSR count). The Balaban J connectivity index is 0.00000364. The molecular formula is C17H23F3IN5S. The highest BCUT2D eigenvalue weighted by Gasteiger charge is 2.33. The summed E-state index contributed by atoms with van der Waals surface area (Å²) in [7, 11) is 5.60. The van der Waals surface area contributed by atoms with Crippen LogP contribution in [0.25, 0.3) is 0 Å². The first-order valence-electron chi connectivity index (χ1n) is 7.98. The van der Waals surface area contributed by atoms with E-state index >= 15 is 0 Å². The summed E-state index contributed by atoms with van der Waals surface area (Å²) in [5.41, 5.74) is 0.300. The maximum atomic E-state index is 12.6. The predicted molar refractivity (Wildman–Crippen MR) is 114 cm³/mol. The van der Waals surface area contributed by atoms with Crippen LogP contribution in [-0.4, -0.2) is 43.5 Å². The Hall–Kier alpha value is -1.40. The van der Waals surface area contributed by atoms with Crippen LogP contribution >= 0.6 is 35.3 Å². The van der Waals surface area contributed by atoms with Crippen molar-refractivity contribution in [3.63, 3.8) is 0 Å². The maximum Gasteiger partial charge on any atom is 0.434 e. The Morgan fingerprint density at radius 2 is 1.89 bits per heavy atom. The number of benzene rings is 1. The van der Waals surface area contributed by atoms with E-state index in [1.54, 1.807) is 7.05 Å². The lowest BCUT2D eigenvalue weighted by molar-refractivity contribution is -0.140. The van der Waals surface area contributed by atoms with Crippen LogP contribution in [0.2, 0.25) is 0 Å². The molecule has 0 aliphatic rings.